The van der Waals surface area contributed by atoms with Crippen LogP contribution in [-0.4, -0.2) is 58.3 Å². The first-order valence-electron chi connectivity index (χ1n) is 9.49. The van der Waals surface area contributed by atoms with Gasteiger partial charge in [0.2, 0.25) is 5.91 Å². The number of para-hydroxylation sites is 1. The Morgan fingerprint density at radius 1 is 1.12 bits per heavy atom. The summed E-state index contributed by atoms with van der Waals surface area (Å²) in [5.74, 6) is -1.23. The van der Waals surface area contributed by atoms with E-state index in [0.29, 0.717) is 11.3 Å². The minimum absolute atomic E-state index is 0.0779. The lowest BCUT2D eigenvalue weighted by Gasteiger charge is -2.22. The number of amides is 2. The number of halogens is 3. The number of nitrogens with one attached hydrogen (secondary N) is 1. The highest BCUT2D eigenvalue weighted by Crippen LogP contribution is 2.34. The van der Waals surface area contributed by atoms with Gasteiger partial charge in [-0.25, -0.2) is 9.67 Å². The highest BCUT2D eigenvalue weighted by molar-refractivity contribution is 5.99. The van der Waals surface area contributed by atoms with Crippen LogP contribution in [0.4, 0.5) is 18.9 Å². The molecule has 2 aromatic carbocycles. The average Bonchev–Trinajstić information content (AvgIpc) is 3.31. The molecule has 1 N–H and O–H groups in total. The highest BCUT2D eigenvalue weighted by Gasteiger charge is 2.33. The number of aromatic nitrogens is 3. The van der Waals surface area contributed by atoms with Crippen LogP contribution in [0.3, 0.4) is 0 Å². The van der Waals surface area contributed by atoms with Crippen LogP contribution in [-0.2, 0) is 15.7 Å². The van der Waals surface area contributed by atoms with Crippen LogP contribution in [0.15, 0.2) is 61.2 Å². The molecule has 0 bridgehead atoms. The Hall–Kier alpha value is -3.73. The quantitative estimate of drug-likeness (QED) is 0.574. The van der Waals surface area contributed by atoms with Gasteiger partial charge in [0, 0.05) is 19.2 Å². The number of benzene rings is 2. The molecule has 0 spiro atoms. The number of ether oxygens (including phenoxy) is 1. The van der Waals surface area contributed by atoms with Crippen LogP contribution in [0, 0.1) is 0 Å². The number of hydrogen-bond acceptors (Lipinski definition) is 5. The zero-order valence-electron chi connectivity index (χ0n) is 17.0. The average molecular weight is 447 g/mol. The van der Waals surface area contributed by atoms with Gasteiger partial charge >= 0.3 is 6.18 Å². The fraction of sp³-hybridized carbons (Fsp3) is 0.238. The number of alkyl halides is 3. The molecule has 2 amide bonds. The number of methoxy groups -OCH3 is 1. The summed E-state index contributed by atoms with van der Waals surface area (Å²) < 4.78 is 46.0. The molecule has 1 aromatic heterocycles. The van der Waals surface area contributed by atoms with E-state index in [0.717, 1.165) is 12.1 Å². The molecular formula is C21H20F3N5O3. The van der Waals surface area contributed by atoms with Gasteiger partial charge in [0.1, 0.15) is 19.2 Å². The maximum absolute atomic E-state index is 13.2. The Kier molecular flexibility index (Phi) is 7.21. The van der Waals surface area contributed by atoms with Crippen molar-refractivity contribution in [1.29, 1.82) is 0 Å². The van der Waals surface area contributed by atoms with E-state index in [2.05, 4.69) is 15.4 Å². The minimum Gasteiger partial charge on any atom is -0.383 e. The van der Waals surface area contributed by atoms with Crippen molar-refractivity contribution < 1.29 is 27.5 Å². The summed E-state index contributed by atoms with van der Waals surface area (Å²) in [5.41, 5.74) is -0.356. The zero-order valence-corrected chi connectivity index (χ0v) is 17.0. The summed E-state index contributed by atoms with van der Waals surface area (Å²) in [4.78, 5) is 30.5. The molecule has 0 atom stereocenters. The molecule has 168 valence electrons. The van der Waals surface area contributed by atoms with Crippen molar-refractivity contribution in [2.45, 2.75) is 6.18 Å². The lowest BCUT2D eigenvalue weighted by atomic mass is 10.1. The fourth-order valence-corrected chi connectivity index (χ4v) is 2.94. The Bertz CT molecular complexity index is 1050. The molecule has 3 rings (SSSR count). The molecule has 0 aliphatic carbocycles. The molecule has 0 radical (unpaired) electrons. The largest absolute Gasteiger partial charge is 0.418 e. The molecule has 0 unspecified atom stereocenters. The number of carbonyl (C=O) groups excluding carboxylic acids is 2. The zero-order chi connectivity index (χ0) is 23.1. The van der Waals surface area contributed by atoms with E-state index < -0.39 is 30.1 Å². The first-order valence-corrected chi connectivity index (χ1v) is 9.49. The summed E-state index contributed by atoms with van der Waals surface area (Å²) >= 11 is 0. The number of carbonyl (C=O) groups is 2. The van der Waals surface area contributed by atoms with Gasteiger partial charge in [0.25, 0.3) is 5.91 Å². The van der Waals surface area contributed by atoms with Crippen molar-refractivity contribution in [1.82, 2.24) is 19.7 Å². The van der Waals surface area contributed by atoms with Crippen molar-refractivity contribution >= 4 is 17.5 Å². The summed E-state index contributed by atoms with van der Waals surface area (Å²) in [5, 5.41) is 6.25. The van der Waals surface area contributed by atoms with E-state index in [-0.39, 0.29) is 18.8 Å². The Morgan fingerprint density at radius 3 is 2.47 bits per heavy atom. The van der Waals surface area contributed by atoms with Gasteiger partial charge in [0.15, 0.2) is 0 Å². The van der Waals surface area contributed by atoms with Crippen LogP contribution in [0.2, 0.25) is 0 Å². The molecule has 0 saturated carbocycles. The van der Waals surface area contributed by atoms with Gasteiger partial charge in [-0.05, 0) is 36.4 Å². The lowest BCUT2D eigenvalue weighted by molar-refractivity contribution is -0.137. The molecule has 1 heterocycles. The van der Waals surface area contributed by atoms with Crippen LogP contribution in [0.25, 0.3) is 5.69 Å². The minimum atomic E-state index is -4.62. The Labute approximate surface area is 181 Å². The smallest absolute Gasteiger partial charge is 0.383 e. The van der Waals surface area contributed by atoms with E-state index in [9.17, 15) is 22.8 Å². The highest BCUT2D eigenvalue weighted by atomic mass is 19.4. The third-order valence-corrected chi connectivity index (χ3v) is 4.49. The van der Waals surface area contributed by atoms with Crippen molar-refractivity contribution in [2.75, 3.05) is 32.1 Å². The van der Waals surface area contributed by atoms with Gasteiger partial charge < -0.3 is 15.0 Å². The first kappa shape index (κ1) is 22.9. The van der Waals surface area contributed by atoms with Crippen molar-refractivity contribution in [3.8, 4) is 5.69 Å². The lowest BCUT2D eigenvalue weighted by Crippen LogP contribution is -2.40. The van der Waals surface area contributed by atoms with Gasteiger partial charge in [-0.2, -0.15) is 18.3 Å². The Balaban J connectivity index is 1.74. The third-order valence-electron chi connectivity index (χ3n) is 4.49. The van der Waals surface area contributed by atoms with Crippen LogP contribution >= 0.6 is 0 Å². The van der Waals surface area contributed by atoms with E-state index in [1.807, 2.05) is 0 Å². The summed E-state index contributed by atoms with van der Waals surface area (Å²) in [6, 6.07) is 11.1. The van der Waals surface area contributed by atoms with Gasteiger partial charge in [-0.3, -0.25) is 9.59 Å². The van der Waals surface area contributed by atoms with Crippen molar-refractivity contribution in [3.63, 3.8) is 0 Å². The standard InChI is InChI=1S/C21H20F3N5O3/c1-32-11-10-28(12-19(30)27-18-5-3-2-4-17(18)21(22,23)24)20(31)15-6-8-16(9-7-15)29-14-25-13-26-29/h2-9,13-14H,10-12H2,1H3,(H,27,30). The first-order chi connectivity index (χ1) is 15.3. The van der Waals surface area contributed by atoms with Crippen molar-refractivity contribution in [3.05, 3.63) is 72.3 Å². The number of hydrogen-bond donors (Lipinski definition) is 1. The predicted octanol–water partition coefficient (Wildman–Crippen LogP) is 3.01. The number of rotatable bonds is 8. The van der Waals surface area contributed by atoms with Gasteiger partial charge in [0.05, 0.1) is 23.5 Å². The second kappa shape index (κ2) is 10.1. The van der Waals surface area contributed by atoms with Crippen LogP contribution < -0.4 is 5.32 Å². The SMILES string of the molecule is COCCN(CC(=O)Nc1ccccc1C(F)(F)F)C(=O)c1ccc(-n2cncn2)cc1. The fourth-order valence-electron chi connectivity index (χ4n) is 2.94. The molecule has 0 saturated heterocycles. The summed E-state index contributed by atoms with van der Waals surface area (Å²) in [6.45, 7) is -0.219. The van der Waals surface area contributed by atoms with Crippen molar-refractivity contribution in [2.24, 2.45) is 0 Å². The molecule has 0 fully saturated rings. The Morgan fingerprint density at radius 2 is 1.84 bits per heavy atom. The maximum atomic E-state index is 13.2. The summed E-state index contributed by atoms with van der Waals surface area (Å²) in [7, 11) is 1.44. The summed E-state index contributed by atoms with van der Waals surface area (Å²) in [6.07, 6.45) is -1.74. The molecule has 11 heteroatoms. The number of nitrogens with zero attached hydrogens (tertiary/aromatic N) is 4. The molecule has 32 heavy (non-hydrogen) atoms. The molecular weight excluding hydrogens is 427 g/mol. The third kappa shape index (κ3) is 5.70. The van der Waals surface area contributed by atoms with E-state index in [1.54, 1.807) is 24.3 Å². The predicted molar refractivity (Wildman–Crippen MR) is 109 cm³/mol. The normalized spacial score (nSPS) is 11.2. The van der Waals surface area contributed by atoms with Gasteiger partial charge in [-0.1, -0.05) is 12.1 Å². The number of anilines is 1. The molecule has 3 aromatic rings. The molecule has 8 nitrogen and oxygen atoms in total. The van der Waals surface area contributed by atoms with Crippen LogP contribution in [0.1, 0.15) is 15.9 Å². The monoisotopic (exact) mass is 447 g/mol. The maximum Gasteiger partial charge on any atom is 0.418 e. The van der Waals surface area contributed by atoms with Crippen LogP contribution in [0.5, 0.6) is 0 Å². The van der Waals surface area contributed by atoms with Gasteiger partial charge in [-0.15, -0.1) is 0 Å². The van der Waals surface area contributed by atoms with E-state index in [1.165, 1.54) is 41.5 Å². The second-order valence-corrected chi connectivity index (χ2v) is 6.70. The topological polar surface area (TPSA) is 89.4 Å². The second-order valence-electron chi connectivity index (χ2n) is 6.70. The van der Waals surface area contributed by atoms with E-state index >= 15 is 0 Å². The molecule has 0 aliphatic heterocycles. The molecule has 0 aliphatic rings. The van der Waals surface area contributed by atoms with E-state index in [4.69, 9.17) is 4.74 Å².